The third-order valence-corrected chi connectivity index (χ3v) is 3.56. The fraction of sp³-hybridized carbons (Fsp3) is 0.364. The van der Waals surface area contributed by atoms with Gasteiger partial charge in [0, 0.05) is 3.57 Å². The summed E-state index contributed by atoms with van der Waals surface area (Å²) in [6.45, 7) is 3.18. The lowest BCUT2D eigenvalue weighted by Gasteiger charge is -2.30. The molecule has 3 rings (SSSR count). The van der Waals surface area contributed by atoms with Gasteiger partial charge < -0.3 is 15.5 Å². The Balaban J connectivity index is 2.11. The van der Waals surface area contributed by atoms with Gasteiger partial charge in [-0.25, -0.2) is 9.66 Å². The number of nitrogens with zero attached hydrogens (tertiary/aromatic N) is 3. The van der Waals surface area contributed by atoms with E-state index in [0.29, 0.717) is 5.95 Å². The van der Waals surface area contributed by atoms with Crippen LogP contribution in [-0.4, -0.2) is 36.0 Å². The zero-order valence-corrected chi connectivity index (χ0v) is 11.4. The summed E-state index contributed by atoms with van der Waals surface area (Å²) < 4.78 is 8.51. The number of benzene rings is 1. The molecule has 1 aliphatic rings. The highest BCUT2D eigenvalue weighted by molar-refractivity contribution is 14.1. The van der Waals surface area contributed by atoms with Crippen LogP contribution in [0.2, 0.25) is 0 Å². The number of rotatable bonds is 1. The fourth-order valence-electron chi connectivity index (χ4n) is 2.11. The molecule has 1 aromatic carbocycles. The first-order chi connectivity index (χ1) is 8.25. The molecule has 0 radical (unpaired) electrons. The first-order valence-corrected chi connectivity index (χ1v) is 6.60. The normalized spacial score (nSPS) is 16.6. The average Bonchev–Trinajstić information content (AvgIpc) is 2.65. The summed E-state index contributed by atoms with van der Waals surface area (Å²) in [6.07, 6.45) is 0. The SMILES string of the molecule is Nc1nc2cc(I)ccc2n1N1CCOCC1. The number of hydrogen-bond donors (Lipinski definition) is 1. The molecule has 0 spiro atoms. The highest BCUT2D eigenvalue weighted by Gasteiger charge is 2.17. The van der Waals surface area contributed by atoms with E-state index in [1.807, 2.05) is 10.7 Å². The third kappa shape index (κ3) is 1.95. The predicted octanol–water partition coefficient (Wildman–Crippen LogP) is 1.19. The Morgan fingerprint density at radius 3 is 2.82 bits per heavy atom. The number of hydrogen-bond acceptors (Lipinski definition) is 4. The molecule has 2 N–H and O–H groups in total. The molecule has 0 bridgehead atoms. The molecular weight excluding hydrogens is 331 g/mol. The average molecular weight is 344 g/mol. The lowest BCUT2D eigenvalue weighted by Crippen LogP contribution is -2.44. The van der Waals surface area contributed by atoms with Crippen molar-refractivity contribution in [2.45, 2.75) is 0 Å². The molecule has 1 aliphatic heterocycles. The molecule has 0 amide bonds. The van der Waals surface area contributed by atoms with Crippen LogP contribution in [0.4, 0.5) is 5.95 Å². The van der Waals surface area contributed by atoms with Gasteiger partial charge in [-0.1, -0.05) is 0 Å². The van der Waals surface area contributed by atoms with Crippen LogP contribution in [0.25, 0.3) is 11.0 Å². The topological polar surface area (TPSA) is 56.3 Å². The van der Waals surface area contributed by atoms with Gasteiger partial charge in [-0.05, 0) is 40.8 Å². The molecule has 6 heteroatoms. The Labute approximate surface area is 113 Å². The molecule has 1 aromatic heterocycles. The Kier molecular flexibility index (Phi) is 2.83. The quantitative estimate of drug-likeness (QED) is 0.790. The van der Waals surface area contributed by atoms with Gasteiger partial charge in [-0.2, -0.15) is 0 Å². The van der Waals surface area contributed by atoms with Gasteiger partial charge in [0.05, 0.1) is 37.3 Å². The lowest BCUT2D eigenvalue weighted by molar-refractivity contribution is 0.112. The third-order valence-electron chi connectivity index (χ3n) is 2.89. The van der Waals surface area contributed by atoms with E-state index in [0.717, 1.165) is 37.3 Å². The minimum absolute atomic E-state index is 0.545. The fourth-order valence-corrected chi connectivity index (χ4v) is 2.59. The molecule has 17 heavy (non-hydrogen) atoms. The van der Waals surface area contributed by atoms with E-state index in [9.17, 15) is 0 Å². The minimum atomic E-state index is 0.545. The molecule has 1 saturated heterocycles. The summed E-state index contributed by atoms with van der Waals surface area (Å²) in [5.41, 5.74) is 8.01. The molecule has 90 valence electrons. The number of nitrogen functional groups attached to an aromatic ring is 1. The van der Waals surface area contributed by atoms with Crippen LogP contribution in [0.5, 0.6) is 0 Å². The first-order valence-electron chi connectivity index (χ1n) is 5.52. The summed E-state index contributed by atoms with van der Waals surface area (Å²) >= 11 is 2.28. The van der Waals surface area contributed by atoms with Crippen LogP contribution in [0.3, 0.4) is 0 Å². The maximum Gasteiger partial charge on any atom is 0.220 e. The largest absolute Gasteiger partial charge is 0.378 e. The molecular formula is C11H13IN4O. The highest BCUT2D eigenvalue weighted by Crippen LogP contribution is 2.21. The van der Waals surface area contributed by atoms with Crippen molar-refractivity contribution in [3.05, 3.63) is 21.8 Å². The van der Waals surface area contributed by atoms with Crippen molar-refractivity contribution in [3.63, 3.8) is 0 Å². The van der Waals surface area contributed by atoms with Crippen LogP contribution in [-0.2, 0) is 4.74 Å². The van der Waals surface area contributed by atoms with E-state index in [-0.39, 0.29) is 0 Å². The molecule has 0 unspecified atom stereocenters. The monoisotopic (exact) mass is 344 g/mol. The van der Waals surface area contributed by atoms with Crippen molar-refractivity contribution in [1.82, 2.24) is 9.66 Å². The standard InChI is InChI=1S/C11H13IN4O/c12-8-1-2-10-9(7-8)14-11(13)16(10)15-3-5-17-6-4-15/h1-2,7H,3-6H2,(H2,13,14). The highest BCUT2D eigenvalue weighted by atomic mass is 127. The molecule has 2 heterocycles. The van der Waals surface area contributed by atoms with Crippen molar-refractivity contribution in [2.24, 2.45) is 0 Å². The molecule has 0 atom stereocenters. The first kappa shape index (κ1) is 11.1. The Hall–Kier alpha value is -1.02. The van der Waals surface area contributed by atoms with Gasteiger partial charge in [0.2, 0.25) is 5.95 Å². The number of imidazole rings is 1. The number of nitrogens with two attached hydrogens (primary N) is 1. The van der Waals surface area contributed by atoms with Crippen molar-refractivity contribution in [3.8, 4) is 0 Å². The number of fused-ring (bicyclic) bond motifs is 1. The molecule has 1 fully saturated rings. The smallest absolute Gasteiger partial charge is 0.220 e. The molecule has 5 nitrogen and oxygen atoms in total. The lowest BCUT2D eigenvalue weighted by atomic mass is 10.3. The predicted molar refractivity (Wildman–Crippen MR) is 75.6 cm³/mol. The second-order valence-corrected chi connectivity index (χ2v) is 5.23. The van der Waals surface area contributed by atoms with Gasteiger partial charge in [-0.15, -0.1) is 0 Å². The minimum Gasteiger partial charge on any atom is -0.378 e. The number of aromatic nitrogens is 2. The van der Waals surface area contributed by atoms with Gasteiger partial charge >= 0.3 is 0 Å². The zero-order chi connectivity index (χ0) is 11.8. The Morgan fingerprint density at radius 2 is 2.06 bits per heavy atom. The Bertz CT molecular complexity index is 548. The second-order valence-electron chi connectivity index (χ2n) is 3.98. The number of ether oxygens (including phenoxy) is 1. The number of morpholine rings is 1. The van der Waals surface area contributed by atoms with Crippen LogP contribution in [0.15, 0.2) is 18.2 Å². The van der Waals surface area contributed by atoms with Crippen LogP contribution in [0, 0.1) is 3.57 Å². The Morgan fingerprint density at radius 1 is 1.29 bits per heavy atom. The summed E-state index contributed by atoms with van der Waals surface area (Å²) in [6, 6.07) is 6.18. The van der Waals surface area contributed by atoms with E-state index in [1.165, 1.54) is 3.57 Å². The summed E-state index contributed by atoms with van der Waals surface area (Å²) in [5, 5.41) is 2.18. The van der Waals surface area contributed by atoms with Crippen LogP contribution >= 0.6 is 22.6 Å². The van der Waals surface area contributed by atoms with E-state index in [1.54, 1.807) is 0 Å². The summed E-state index contributed by atoms with van der Waals surface area (Å²) in [4.78, 5) is 4.40. The van der Waals surface area contributed by atoms with E-state index < -0.39 is 0 Å². The van der Waals surface area contributed by atoms with Gasteiger partial charge in [0.15, 0.2) is 0 Å². The van der Waals surface area contributed by atoms with Crippen molar-refractivity contribution in [1.29, 1.82) is 0 Å². The van der Waals surface area contributed by atoms with Crippen LogP contribution < -0.4 is 10.7 Å². The van der Waals surface area contributed by atoms with Gasteiger partial charge in [0.1, 0.15) is 0 Å². The maximum atomic E-state index is 6.00. The zero-order valence-electron chi connectivity index (χ0n) is 9.27. The van der Waals surface area contributed by atoms with Crippen molar-refractivity contribution < 1.29 is 4.74 Å². The molecule has 2 aromatic rings. The number of halogens is 1. The maximum absolute atomic E-state index is 6.00. The van der Waals surface area contributed by atoms with E-state index in [2.05, 4.69) is 44.7 Å². The van der Waals surface area contributed by atoms with Gasteiger partial charge in [-0.3, -0.25) is 0 Å². The van der Waals surface area contributed by atoms with E-state index in [4.69, 9.17) is 10.5 Å². The summed E-state index contributed by atoms with van der Waals surface area (Å²) in [7, 11) is 0. The van der Waals surface area contributed by atoms with E-state index >= 15 is 0 Å². The molecule has 0 aliphatic carbocycles. The summed E-state index contributed by atoms with van der Waals surface area (Å²) in [5.74, 6) is 0.545. The number of anilines is 1. The van der Waals surface area contributed by atoms with Crippen LogP contribution in [0.1, 0.15) is 0 Å². The van der Waals surface area contributed by atoms with Crippen molar-refractivity contribution >= 4 is 39.6 Å². The molecule has 0 saturated carbocycles. The van der Waals surface area contributed by atoms with Gasteiger partial charge in [0.25, 0.3) is 0 Å². The van der Waals surface area contributed by atoms with Crippen molar-refractivity contribution in [2.75, 3.05) is 37.0 Å². The second kappa shape index (κ2) is 4.34.